The van der Waals surface area contributed by atoms with Crippen LogP contribution in [0.2, 0.25) is 0 Å². The van der Waals surface area contributed by atoms with Gasteiger partial charge in [0.25, 0.3) is 0 Å². The van der Waals surface area contributed by atoms with E-state index < -0.39 is 39.6 Å². The largest absolute Gasteiger partial charge is 0.534 e. The molecule has 0 spiro atoms. The molecule has 0 aliphatic carbocycles. The lowest BCUT2D eigenvalue weighted by molar-refractivity contribution is -0.275. The standard InChI is InChI=1S/C9H10F3NO6S/c10-9(11,12)20(16,17)19-7-1-5-3-18-4-6(2-7)13(5)8(14)15/h1,5-6H,2-4H2,(H,14,15)/p-1. The van der Waals surface area contributed by atoms with E-state index in [2.05, 4.69) is 4.18 Å². The molecule has 11 heteroatoms. The fraction of sp³-hybridized carbons (Fsp3) is 0.667. The molecule has 20 heavy (non-hydrogen) atoms. The summed E-state index contributed by atoms with van der Waals surface area (Å²) in [7, 11) is -5.76. The summed E-state index contributed by atoms with van der Waals surface area (Å²) < 4.78 is 67.5. The van der Waals surface area contributed by atoms with Crippen molar-refractivity contribution in [1.82, 2.24) is 4.90 Å². The molecular formula is C9H9F3NO6S-. The molecule has 0 N–H and O–H groups in total. The number of hydrogen-bond donors (Lipinski definition) is 0. The van der Waals surface area contributed by atoms with E-state index in [-0.39, 0.29) is 19.6 Å². The minimum atomic E-state index is -5.76. The van der Waals surface area contributed by atoms with Gasteiger partial charge < -0.3 is 23.7 Å². The van der Waals surface area contributed by atoms with Crippen LogP contribution >= 0.6 is 0 Å². The normalized spacial score (nSPS) is 26.9. The number of hydrogen-bond acceptors (Lipinski definition) is 6. The Morgan fingerprint density at radius 2 is 2.10 bits per heavy atom. The van der Waals surface area contributed by atoms with Crippen molar-refractivity contribution in [3.63, 3.8) is 0 Å². The first-order valence-corrected chi connectivity index (χ1v) is 6.81. The van der Waals surface area contributed by atoms with Crippen LogP contribution in [-0.2, 0) is 19.0 Å². The van der Waals surface area contributed by atoms with Gasteiger partial charge in [0.2, 0.25) is 0 Å². The van der Waals surface area contributed by atoms with Crippen LogP contribution in [0, 0.1) is 0 Å². The summed E-state index contributed by atoms with van der Waals surface area (Å²) in [6.45, 7) is -0.180. The lowest BCUT2D eigenvalue weighted by atomic mass is 10.0. The number of nitrogens with zero attached hydrogens (tertiary/aromatic N) is 1. The summed E-state index contributed by atoms with van der Waals surface area (Å²) in [4.78, 5) is 11.8. The van der Waals surface area contributed by atoms with Crippen molar-refractivity contribution in [2.45, 2.75) is 24.0 Å². The van der Waals surface area contributed by atoms with Crippen LogP contribution in [0.3, 0.4) is 0 Å². The number of amides is 1. The minimum absolute atomic E-state index is 0.0722. The Kier molecular flexibility index (Phi) is 3.58. The lowest BCUT2D eigenvalue weighted by Crippen LogP contribution is -2.60. The first-order chi connectivity index (χ1) is 9.12. The van der Waals surface area contributed by atoms with Gasteiger partial charge >= 0.3 is 15.6 Å². The van der Waals surface area contributed by atoms with Crippen molar-refractivity contribution >= 4 is 16.2 Å². The van der Waals surface area contributed by atoms with Crippen molar-refractivity contribution in [2.24, 2.45) is 0 Å². The van der Waals surface area contributed by atoms with Gasteiger partial charge in [-0.05, 0) is 6.08 Å². The third-order valence-electron chi connectivity index (χ3n) is 2.88. The lowest BCUT2D eigenvalue weighted by Gasteiger charge is -2.45. The molecule has 1 amide bonds. The third kappa shape index (κ3) is 2.68. The van der Waals surface area contributed by atoms with Gasteiger partial charge in [0, 0.05) is 6.42 Å². The van der Waals surface area contributed by atoms with Crippen molar-refractivity contribution in [2.75, 3.05) is 13.2 Å². The van der Waals surface area contributed by atoms with Gasteiger partial charge in [-0.15, -0.1) is 0 Å². The third-order valence-corrected chi connectivity index (χ3v) is 3.88. The zero-order valence-corrected chi connectivity index (χ0v) is 10.6. The first kappa shape index (κ1) is 14.9. The number of rotatable bonds is 2. The van der Waals surface area contributed by atoms with E-state index in [0.717, 1.165) is 11.0 Å². The van der Waals surface area contributed by atoms with E-state index in [9.17, 15) is 31.5 Å². The van der Waals surface area contributed by atoms with Crippen LogP contribution in [0.15, 0.2) is 11.8 Å². The summed E-state index contributed by atoms with van der Waals surface area (Å²) >= 11 is 0. The SMILES string of the molecule is O=C([O-])N1C2C=C(OS(=O)(=O)C(F)(F)F)CC1COC2. The van der Waals surface area contributed by atoms with Crippen LogP contribution in [0.4, 0.5) is 18.0 Å². The molecule has 0 aromatic heterocycles. The number of carbonyl (C=O) groups is 1. The molecule has 1 fully saturated rings. The van der Waals surface area contributed by atoms with E-state index in [4.69, 9.17) is 4.74 Å². The highest BCUT2D eigenvalue weighted by molar-refractivity contribution is 7.87. The topological polar surface area (TPSA) is 96.0 Å². The molecule has 2 aliphatic rings. The minimum Gasteiger partial charge on any atom is -0.530 e. The second kappa shape index (κ2) is 4.81. The van der Waals surface area contributed by atoms with E-state index in [1.54, 1.807) is 0 Å². The van der Waals surface area contributed by atoms with Crippen LogP contribution < -0.4 is 5.11 Å². The predicted octanol–water partition coefficient (Wildman–Crippen LogP) is -0.447. The fourth-order valence-electron chi connectivity index (χ4n) is 2.09. The average molecular weight is 316 g/mol. The Balaban J connectivity index is 2.22. The Labute approximate surface area is 111 Å². The molecule has 2 bridgehead atoms. The zero-order chi connectivity index (χ0) is 15.1. The Morgan fingerprint density at radius 3 is 2.60 bits per heavy atom. The summed E-state index contributed by atoms with van der Waals surface area (Å²) in [5.74, 6) is -0.446. The molecule has 2 heterocycles. The summed E-state index contributed by atoms with van der Waals surface area (Å²) in [6, 6.07) is -1.76. The smallest absolute Gasteiger partial charge is 0.530 e. The van der Waals surface area contributed by atoms with Crippen LogP contribution in [-0.4, -0.2) is 50.2 Å². The van der Waals surface area contributed by atoms with Gasteiger partial charge in [-0.3, -0.25) is 0 Å². The first-order valence-electron chi connectivity index (χ1n) is 5.40. The number of halogens is 3. The molecule has 0 aromatic rings. The molecule has 1 saturated heterocycles. The molecule has 114 valence electrons. The quantitative estimate of drug-likeness (QED) is 0.506. The predicted molar refractivity (Wildman–Crippen MR) is 54.4 cm³/mol. The van der Waals surface area contributed by atoms with Gasteiger partial charge in [0.05, 0.1) is 25.3 Å². The second-order valence-corrected chi connectivity index (χ2v) is 5.79. The van der Waals surface area contributed by atoms with Gasteiger partial charge in [0.1, 0.15) is 11.9 Å². The number of alkyl halides is 3. The molecule has 0 saturated carbocycles. The molecule has 2 rings (SSSR count). The summed E-state index contributed by atoms with van der Waals surface area (Å²) in [5, 5.41) is 10.9. The fourth-order valence-corrected chi connectivity index (χ4v) is 2.59. The van der Waals surface area contributed by atoms with Gasteiger partial charge in [-0.2, -0.15) is 21.6 Å². The number of morpholine rings is 1. The number of carbonyl (C=O) groups excluding carboxylic acids is 1. The van der Waals surface area contributed by atoms with E-state index in [1.165, 1.54) is 0 Å². The highest BCUT2D eigenvalue weighted by atomic mass is 32.2. The number of carboxylic acid groups (broad SMARTS) is 1. The van der Waals surface area contributed by atoms with Gasteiger partial charge in [-0.25, -0.2) is 0 Å². The number of fused-ring (bicyclic) bond motifs is 2. The molecule has 2 unspecified atom stereocenters. The summed E-state index contributed by atoms with van der Waals surface area (Å²) in [5.41, 5.74) is -5.54. The Morgan fingerprint density at radius 1 is 1.45 bits per heavy atom. The van der Waals surface area contributed by atoms with Crippen molar-refractivity contribution in [3.8, 4) is 0 Å². The molecule has 2 atom stereocenters. The molecule has 0 aromatic carbocycles. The van der Waals surface area contributed by atoms with E-state index in [1.807, 2.05) is 0 Å². The Hall–Kier alpha value is -1.49. The van der Waals surface area contributed by atoms with Crippen molar-refractivity contribution in [3.05, 3.63) is 11.8 Å². The van der Waals surface area contributed by atoms with Gasteiger partial charge in [0.15, 0.2) is 0 Å². The molecule has 7 nitrogen and oxygen atoms in total. The van der Waals surface area contributed by atoms with Gasteiger partial charge in [-0.1, -0.05) is 0 Å². The van der Waals surface area contributed by atoms with Crippen molar-refractivity contribution in [1.29, 1.82) is 0 Å². The molecular weight excluding hydrogens is 307 g/mol. The zero-order valence-electron chi connectivity index (χ0n) is 9.79. The highest BCUT2D eigenvalue weighted by Crippen LogP contribution is 2.32. The maximum Gasteiger partial charge on any atom is 0.534 e. The Bertz CT molecular complexity index is 542. The van der Waals surface area contributed by atoms with Crippen LogP contribution in [0.1, 0.15) is 6.42 Å². The van der Waals surface area contributed by atoms with Crippen LogP contribution in [0.5, 0.6) is 0 Å². The average Bonchev–Trinajstić information content (AvgIpc) is 2.24. The summed E-state index contributed by atoms with van der Waals surface area (Å²) in [6.07, 6.45) is -0.855. The maximum absolute atomic E-state index is 12.2. The van der Waals surface area contributed by atoms with E-state index >= 15 is 0 Å². The monoisotopic (exact) mass is 316 g/mol. The molecule has 0 radical (unpaired) electrons. The second-order valence-electron chi connectivity index (χ2n) is 4.25. The van der Waals surface area contributed by atoms with E-state index in [0.29, 0.717) is 0 Å². The number of ether oxygens (including phenoxy) is 1. The highest BCUT2D eigenvalue weighted by Gasteiger charge is 2.49. The van der Waals surface area contributed by atoms with Crippen molar-refractivity contribution < 1.29 is 40.4 Å². The molecule has 2 aliphatic heterocycles. The van der Waals surface area contributed by atoms with Crippen LogP contribution in [0.25, 0.3) is 0 Å². The maximum atomic E-state index is 12.2.